The maximum Gasteiger partial charge on any atom is 0.407 e. The Hall–Kier alpha value is -2.94. The number of hydrogen-bond acceptors (Lipinski definition) is 7. The van der Waals surface area contributed by atoms with Gasteiger partial charge in [-0.1, -0.05) is 25.4 Å². The summed E-state index contributed by atoms with van der Waals surface area (Å²) < 4.78 is 11.3. The summed E-state index contributed by atoms with van der Waals surface area (Å²) in [5, 5.41) is 12.7. The summed E-state index contributed by atoms with van der Waals surface area (Å²) in [7, 11) is 1.56. The molecule has 9 nitrogen and oxygen atoms in total. The van der Waals surface area contributed by atoms with Crippen molar-refractivity contribution in [1.82, 2.24) is 14.9 Å². The number of nitrogens with two attached hydrogens (primary N) is 1. The number of nitrogens with zero attached hydrogens (tertiary/aromatic N) is 3. The second kappa shape index (κ2) is 9.25. The van der Waals surface area contributed by atoms with Crippen LogP contribution in [-0.2, 0) is 0 Å². The second-order valence-electron chi connectivity index (χ2n) is 7.41. The average molecular weight is 436 g/mol. The maximum absolute atomic E-state index is 11.0. The fraction of sp³-hybridized carbons (Fsp3) is 0.450. The normalized spacial score (nSPS) is 14.6. The predicted octanol–water partition coefficient (Wildman–Crippen LogP) is 4.19. The number of methoxy groups -OCH3 is 1. The van der Waals surface area contributed by atoms with Gasteiger partial charge in [0.05, 0.1) is 18.3 Å². The van der Waals surface area contributed by atoms with Crippen molar-refractivity contribution in [3.63, 3.8) is 0 Å². The second-order valence-corrected chi connectivity index (χ2v) is 7.82. The van der Waals surface area contributed by atoms with Gasteiger partial charge in [-0.3, -0.25) is 0 Å². The SMILES string of the molecule is COc1cc(C(C)C)c(Oc2cnc(NC3CCN(C(=O)O)CC3)nc2N)cc1Cl. The summed E-state index contributed by atoms with van der Waals surface area (Å²) in [6.07, 6.45) is 1.97. The highest BCUT2D eigenvalue weighted by atomic mass is 35.5. The lowest BCUT2D eigenvalue weighted by atomic mass is 10.0. The van der Waals surface area contributed by atoms with E-state index in [4.69, 9.17) is 31.9 Å². The summed E-state index contributed by atoms with van der Waals surface area (Å²) in [5.41, 5.74) is 7.02. The van der Waals surface area contributed by atoms with Crippen LogP contribution in [0, 0.1) is 0 Å². The Morgan fingerprint density at radius 1 is 1.30 bits per heavy atom. The van der Waals surface area contributed by atoms with Crippen LogP contribution in [0.2, 0.25) is 5.02 Å². The molecule has 2 aromatic rings. The number of ether oxygens (including phenoxy) is 2. The van der Waals surface area contributed by atoms with Crippen molar-refractivity contribution in [3.05, 3.63) is 28.9 Å². The summed E-state index contributed by atoms with van der Waals surface area (Å²) in [6.45, 7) is 5.02. The van der Waals surface area contributed by atoms with Gasteiger partial charge in [-0.25, -0.2) is 9.78 Å². The van der Waals surface area contributed by atoms with E-state index in [-0.39, 0.29) is 17.8 Å². The Bertz CT molecular complexity index is 916. The third-order valence-electron chi connectivity index (χ3n) is 5.01. The Balaban J connectivity index is 1.72. The van der Waals surface area contributed by atoms with Crippen LogP contribution in [0.15, 0.2) is 18.3 Å². The van der Waals surface area contributed by atoms with Gasteiger partial charge in [0.25, 0.3) is 0 Å². The van der Waals surface area contributed by atoms with Crippen LogP contribution < -0.4 is 20.5 Å². The van der Waals surface area contributed by atoms with Gasteiger partial charge in [0.1, 0.15) is 11.5 Å². The van der Waals surface area contributed by atoms with E-state index in [1.807, 2.05) is 19.9 Å². The number of carboxylic acid groups (broad SMARTS) is 1. The molecule has 0 unspecified atom stereocenters. The minimum atomic E-state index is -0.894. The minimum absolute atomic E-state index is 0.0831. The number of piperidine rings is 1. The van der Waals surface area contributed by atoms with E-state index in [0.29, 0.717) is 54.2 Å². The third-order valence-corrected chi connectivity index (χ3v) is 5.30. The van der Waals surface area contributed by atoms with E-state index >= 15 is 0 Å². The molecule has 162 valence electrons. The van der Waals surface area contributed by atoms with Crippen LogP contribution >= 0.6 is 11.6 Å². The number of halogens is 1. The molecule has 1 saturated heterocycles. The lowest BCUT2D eigenvalue weighted by Crippen LogP contribution is -2.41. The van der Waals surface area contributed by atoms with Crippen molar-refractivity contribution in [2.24, 2.45) is 0 Å². The average Bonchev–Trinajstić information content (AvgIpc) is 2.70. The highest BCUT2D eigenvalue weighted by molar-refractivity contribution is 6.32. The maximum atomic E-state index is 11.0. The molecule has 4 N–H and O–H groups in total. The third kappa shape index (κ3) is 4.96. The predicted molar refractivity (Wildman–Crippen MR) is 115 cm³/mol. The van der Waals surface area contributed by atoms with Gasteiger partial charge in [0.2, 0.25) is 5.95 Å². The number of carbonyl (C=O) groups is 1. The Labute approximate surface area is 180 Å². The van der Waals surface area contributed by atoms with E-state index in [2.05, 4.69) is 15.3 Å². The van der Waals surface area contributed by atoms with E-state index in [9.17, 15) is 4.79 Å². The topological polar surface area (TPSA) is 123 Å². The highest BCUT2D eigenvalue weighted by Gasteiger charge is 2.23. The lowest BCUT2D eigenvalue weighted by molar-refractivity contribution is 0.133. The Morgan fingerprint density at radius 3 is 2.57 bits per heavy atom. The largest absolute Gasteiger partial charge is 0.495 e. The van der Waals surface area contributed by atoms with E-state index in [1.54, 1.807) is 13.2 Å². The molecule has 0 saturated carbocycles. The van der Waals surface area contributed by atoms with Crippen LogP contribution in [-0.4, -0.2) is 52.3 Å². The first-order valence-electron chi connectivity index (χ1n) is 9.70. The van der Waals surface area contributed by atoms with Crippen LogP contribution in [0.3, 0.4) is 0 Å². The smallest absolute Gasteiger partial charge is 0.407 e. The molecule has 0 atom stereocenters. The number of rotatable bonds is 6. The summed E-state index contributed by atoms with van der Waals surface area (Å²) >= 11 is 6.26. The molecule has 0 aliphatic carbocycles. The summed E-state index contributed by atoms with van der Waals surface area (Å²) in [6, 6.07) is 3.62. The zero-order chi connectivity index (χ0) is 21.8. The number of amides is 1. The van der Waals surface area contributed by atoms with Crippen molar-refractivity contribution in [3.8, 4) is 17.2 Å². The number of benzene rings is 1. The molecule has 0 radical (unpaired) electrons. The molecule has 1 fully saturated rings. The van der Waals surface area contributed by atoms with Crippen molar-refractivity contribution >= 4 is 29.5 Å². The van der Waals surface area contributed by atoms with Gasteiger partial charge < -0.3 is 30.5 Å². The molecular formula is C20H26ClN5O4. The number of likely N-dealkylation sites (tertiary alicyclic amines) is 1. The molecule has 30 heavy (non-hydrogen) atoms. The van der Waals surface area contributed by atoms with Crippen molar-refractivity contribution in [1.29, 1.82) is 0 Å². The van der Waals surface area contributed by atoms with Gasteiger partial charge in [0.15, 0.2) is 11.6 Å². The molecule has 1 aliphatic rings. The minimum Gasteiger partial charge on any atom is -0.495 e. The van der Waals surface area contributed by atoms with E-state index in [1.165, 1.54) is 11.1 Å². The zero-order valence-electron chi connectivity index (χ0n) is 17.2. The molecule has 0 spiro atoms. The molecule has 1 aliphatic heterocycles. The Kier molecular flexibility index (Phi) is 6.71. The van der Waals surface area contributed by atoms with Crippen molar-refractivity contribution < 1.29 is 19.4 Å². The molecule has 3 rings (SSSR count). The highest BCUT2D eigenvalue weighted by Crippen LogP contribution is 2.39. The van der Waals surface area contributed by atoms with Crippen LogP contribution in [0.4, 0.5) is 16.6 Å². The first kappa shape index (κ1) is 21.8. The molecule has 1 aromatic carbocycles. The molecule has 1 amide bonds. The van der Waals surface area contributed by atoms with E-state index < -0.39 is 6.09 Å². The van der Waals surface area contributed by atoms with Gasteiger partial charge in [-0.15, -0.1) is 0 Å². The number of nitrogens with one attached hydrogen (secondary N) is 1. The zero-order valence-corrected chi connectivity index (χ0v) is 17.9. The van der Waals surface area contributed by atoms with Gasteiger partial charge >= 0.3 is 6.09 Å². The van der Waals surface area contributed by atoms with E-state index in [0.717, 1.165) is 5.56 Å². The molecule has 0 bridgehead atoms. The van der Waals surface area contributed by atoms with Gasteiger partial charge in [-0.05, 0) is 24.8 Å². The molecule has 1 aromatic heterocycles. The first-order chi connectivity index (χ1) is 14.3. The Morgan fingerprint density at radius 2 is 2.00 bits per heavy atom. The van der Waals surface area contributed by atoms with Gasteiger partial charge in [0, 0.05) is 30.8 Å². The number of nitrogen functional groups attached to an aromatic ring is 1. The fourth-order valence-electron chi connectivity index (χ4n) is 3.30. The number of anilines is 2. The molecule has 2 heterocycles. The monoisotopic (exact) mass is 435 g/mol. The fourth-order valence-corrected chi connectivity index (χ4v) is 3.53. The quantitative estimate of drug-likeness (QED) is 0.617. The van der Waals surface area contributed by atoms with Crippen LogP contribution in [0.5, 0.6) is 17.2 Å². The number of hydrogen-bond donors (Lipinski definition) is 3. The summed E-state index contributed by atoms with van der Waals surface area (Å²) in [4.78, 5) is 21.0. The summed E-state index contributed by atoms with van der Waals surface area (Å²) in [5.74, 6) is 2.20. The van der Waals surface area contributed by atoms with Crippen molar-refractivity contribution in [2.75, 3.05) is 31.2 Å². The van der Waals surface area contributed by atoms with Crippen LogP contribution in [0.1, 0.15) is 38.2 Å². The first-order valence-corrected chi connectivity index (χ1v) is 10.1. The molecular weight excluding hydrogens is 410 g/mol. The van der Waals surface area contributed by atoms with Crippen molar-refractivity contribution in [2.45, 2.75) is 38.6 Å². The van der Waals surface area contributed by atoms with Gasteiger partial charge in [-0.2, -0.15) is 4.98 Å². The van der Waals surface area contributed by atoms with Crippen LogP contribution in [0.25, 0.3) is 0 Å². The molecule has 10 heteroatoms. The number of aromatic nitrogens is 2. The standard InChI is InChI=1S/C20H26ClN5O4/c1-11(2)13-8-16(29-3)14(21)9-15(13)30-17-10-23-19(25-18(17)22)24-12-4-6-26(7-5-12)20(27)28/h8-12H,4-7H2,1-3H3,(H,27,28)(H3,22,23,24,25). The lowest BCUT2D eigenvalue weighted by Gasteiger charge is -2.30.